The average Bonchev–Trinajstić information content (AvgIpc) is 3.43. The number of ether oxygens (including phenoxy) is 1. The number of likely N-dealkylation sites (tertiary alicyclic amines) is 1. The molecule has 1 unspecified atom stereocenters. The van der Waals surface area contributed by atoms with Crippen LogP contribution >= 0.6 is 0 Å². The van der Waals surface area contributed by atoms with Gasteiger partial charge >= 0.3 is 6.18 Å². The van der Waals surface area contributed by atoms with Crippen molar-refractivity contribution >= 4 is 16.6 Å². The van der Waals surface area contributed by atoms with Gasteiger partial charge in [-0.05, 0) is 56.6 Å². The molecule has 0 N–H and O–H groups in total. The summed E-state index contributed by atoms with van der Waals surface area (Å²) in [7, 11) is 0. The molecule has 10 heteroatoms. The number of fused-ring (bicyclic) bond motifs is 2. The van der Waals surface area contributed by atoms with Gasteiger partial charge in [-0.25, -0.2) is 9.37 Å². The Morgan fingerprint density at radius 1 is 1.06 bits per heavy atom. The Morgan fingerprint density at radius 2 is 1.85 bits per heavy atom. The summed E-state index contributed by atoms with van der Waals surface area (Å²) in [5.41, 5.74) is 1.42. The predicted octanol–water partition coefficient (Wildman–Crippen LogP) is 5.18. The van der Waals surface area contributed by atoms with Gasteiger partial charge in [0.1, 0.15) is 11.7 Å². The molecule has 1 aliphatic rings. The van der Waals surface area contributed by atoms with E-state index in [-0.39, 0.29) is 11.3 Å². The van der Waals surface area contributed by atoms with Crippen molar-refractivity contribution in [3.63, 3.8) is 0 Å². The standard InChI is InChI=1S/C23H21F4N5O/c1-2-33-19-12-18-14(11-16(19)24)5-7-17(28-18)22-30-29-20-8-6-15(13-32(20)22)21(23(25,26)27)31-9-3-4-10-31/h5-8,11-13,21H,2-4,9-10H2,1H3. The number of hydrogen-bond donors (Lipinski definition) is 0. The molecule has 0 saturated carbocycles. The molecule has 33 heavy (non-hydrogen) atoms. The molecular weight excluding hydrogens is 438 g/mol. The topological polar surface area (TPSA) is 55.6 Å². The van der Waals surface area contributed by atoms with Crippen molar-refractivity contribution in [2.24, 2.45) is 0 Å². The van der Waals surface area contributed by atoms with Crippen molar-refractivity contribution in [3.05, 3.63) is 54.0 Å². The second-order valence-electron chi connectivity index (χ2n) is 8.01. The molecule has 4 heterocycles. The minimum atomic E-state index is -4.41. The second-order valence-corrected chi connectivity index (χ2v) is 8.01. The molecule has 5 rings (SSSR count). The van der Waals surface area contributed by atoms with Gasteiger partial charge < -0.3 is 4.74 Å². The summed E-state index contributed by atoms with van der Waals surface area (Å²) in [6.07, 6.45) is -1.48. The lowest BCUT2D eigenvalue weighted by Crippen LogP contribution is -2.36. The van der Waals surface area contributed by atoms with E-state index in [1.807, 2.05) is 0 Å². The number of halogens is 4. The van der Waals surface area contributed by atoms with Crippen LogP contribution < -0.4 is 4.74 Å². The number of alkyl halides is 3. The molecule has 172 valence electrons. The maximum Gasteiger partial charge on any atom is 0.408 e. The Hall–Kier alpha value is -3.27. The van der Waals surface area contributed by atoms with Gasteiger partial charge in [-0.15, -0.1) is 10.2 Å². The van der Waals surface area contributed by atoms with Crippen molar-refractivity contribution in [2.75, 3.05) is 19.7 Å². The van der Waals surface area contributed by atoms with E-state index in [4.69, 9.17) is 4.74 Å². The van der Waals surface area contributed by atoms with E-state index in [2.05, 4.69) is 15.2 Å². The average molecular weight is 459 g/mol. The third kappa shape index (κ3) is 3.99. The molecule has 1 aliphatic heterocycles. The minimum Gasteiger partial charge on any atom is -0.491 e. The van der Waals surface area contributed by atoms with Gasteiger partial charge in [0.2, 0.25) is 0 Å². The van der Waals surface area contributed by atoms with E-state index in [1.54, 1.807) is 19.1 Å². The molecule has 0 amide bonds. The van der Waals surface area contributed by atoms with E-state index in [0.29, 0.717) is 47.8 Å². The number of aromatic nitrogens is 4. The summed E-state index contributed by atoms with van der Waals surface area (Å²) >= 11 is 0. The number of rotatable bonds is 5. The lowest BCUT2D eigenvalue weighted by Gasteiger charge is -2.29. The molecule has 0 bridgehead atoms. The number of pyridine rings is 2. The zero-order chi connectivity index (χ0) is 23.2. The fourth-order valence-corrected chi connectivity index (χ4v) is 4.36. The quantitative estimate of drug-likeness (QED) is 0.385. The predicted molar refractivity (Wildman–Crippen MR) is 114 cm³/mol. The lowest BCUT2D eigenvalue weighted by atomic mass is 10.1. The molecule has 6 nitrogen and oxygen atoms in total. The number of nitrogens with zero attached hydrogens (tertiary/aromatic N) is 5. The third-order valence-corrected chi connectivity index (χ3v) is 5.83. The van der Waals surface area contributed by atoms with Crippen LogP contribution in [0.1, 0.15) is 31.4 Å². The summed E-state index contributed by atoms with van der Waals surface area (Å²) in [5.74, 6) is -0.100. The molecule has 0 radical (unpaired) electrons. The fraction of sp³-hybridized carbons (Fsp3) is 0.348. The molecule has 1 fully saturated rings. The van der Waals surface area contributed by atoms with Crippen molar-refractivity contribution in [1.29, 1.82) is 0 Å². The Bertz CT molecular complexity index is 1310. The molecule has 0 spiro atoms. The summed E-state index contributed by atoms with van der Waals surface area (Å²) in [5, 5.41) is 8.82. The van der Waals surface area contributed by atoms with Crippen LogP contribution in [0.2, 0.25) is 0 Å². The minimum absolute atomic E-state index is 0.0849. The maximum atomic E-state index is 14.2. The maximum absolute atomic E-state index is 14.2. The summed E-state index contributed by atoms with van der Waals surface area (Å²) in [6.45, 7) is 2.87. The smallest absolute Gasteiger partial charge is 0.408 e. The second kappa shape index (κ2) is 8.26. The molecule has 4 aromatic rings. The van der Waals surface area contributed by atoms with Gasteiger partial charge in [0.05, 0.1) is 12.1 Å². The molecule has 1 atom stereocenters. The van der Waals surface area contributed by atoms with Crippen molar-refractivity contribution in [1.82, 2.24) is 24.5 Å². The van der Waals surface area contributed by atoms with Crippen LogP contribution in [0, 0.1) is 5.82 Å². The lowest BCUT2D eigenvalue weighted by molar-refractivity contribution is -0.183. The third-order valence-electron chi connectivity index (χ3n) is 5.83. The first kappa shape index (κ1) is 21.6. The van der Waals surface area contributed by atoms with Crippen LogP contribution in [0.15, 0.2) is 42.6 Å². The van der Waals surface area contributed by atoms with E-state index in [1.165, 1.54) is 39.8 Å². The highest BCUT2D eigenvalue weighted by molar-refractivity contribution is 5.82. The summed E-state index contributed by atoms with van der Waals surface area (Å²) in [4.78, 5) is 6.01. The van der Waals surface area contributed by atoms with Crippen LogP contribution in [0.25, 0.3) is 28.1 Å². The van der Waals surface area contributed by atoms with Crippen LogP contribution in [-0.4, -0.2) is 50.4 Å². The van der Waals surface area contributed by atoms with Crippen LogP contribution in [-0.2, 0) is 0 Å². The van der Waals surface area contributed by atoms with Gasteiger partial charge in [-0.2, -0.15) is 13.2 Å². The Labute approximate surface area is 186 Å². The van der Waals surface area contributed by atoms with Crippen LogP contribution in [0.3, 0.4) is 0 Å². The van der Waals surface area contributed by atoms with Gasteiger partial charge in [0, 0.05) is 17.6 Å². The van der Waals surface area contributed by atoms with Crippen molar-refractivity contribution < 1.29 is 22.3 Å². The van der Waals surface area contributed by atoms with E-state index < -0.39 is 18.0 Å². The van der Waals surface area contributed by atoms with E-state index in [0.717, 1.165) is 12.8 Å². The Morgan fingerprint density at radius 3 is 2.58 bits per heavy atom. The first-order valence-corrected chi connectivity index (χ1v) is 10.7. The zero-order valence-electron chi connectivity index (χ0n) is 17.8. The highest BCUT2D eigenvalue weighted by Crippen LogP contribution is 2.39. The number of benzene rings is 1. The normalized spacial score (nSPS) is 16.0. The van der Waals surface area contributed by atoms with Gasteiger partial charge in [-0.3, -0.25) is 9.30 Å². The first-order chi connectivity index (χ1) is 15.8. The van der Waals surface area contributed by atoms with Gasteiger partial charge in [0.15, 0.2) is 23.0 Å². The summed E-state index contributed by atoms with van der Waals surface area (Å²) < 4.78 is 62.9. The fourth-order valence-electron chi connectivity index (χ4n) is 4.36. The van der Waals surface area contributed by atoms with Crippen molar-refractivity contribution in [2.45, 2.75) is 32.0 Å². The molecular formula is C23H21F4N5O. The molecule has 1 aromatic carbocycles. The Kier molecular flexibility index (Phi) is 5.40. The SMILES string of the molecule is CCOc1cc2nc(-c3nnc4ccc(C(N5CCCC5)C(F)(F)F)cn34)ccc2cc1F. The van der Waals surface area contributed by atoms with Gasteiger partial charge in [0.25, 0.3) is 0 Å². The zero-order valence-corrected chi connectivity index (χ0v) is 17.8. The monoisotopic (exact) mass is 459 g/mol. The molecule has 3 aromatic heterocycles. The molecule has 0 aliphatic carbocycles. The number of hydrogen-bond acceptors (Lipinski definition) is 5. The largest absolute Gasteiger partial charge is 0.491 e. The first-order valence-electron chi connectivity index (χ1n) is 10.7. The van der Waals surface area contributed by atoms with Gasteiger partial charge in [-0.1, -0.05) is 12.1 Å². The highest BCUT2D eigenvalue weighted by atomic mass is 19.4. The Balaban J connectivity index is 1.60. The molecule has 1 saturated heterocycles. The van der Waals surface area contributed by atoms with E-state index in [9.17, 15) is 17.6 Å². The van der Waals surface area contributed by atoms with Crippen LogP contribution in [0.5, 0.6) is 5.75 Å². The summed E-state index contributed by atoms with van der Waals surface area (Å²) in [6, 6.07) is 7.46. The van der Waals surface area contributed by atoms with E-state index >= 15 is 0 Å². The van der Waals surface area contributed by atoms with Crippen LogP contribution in [0.4, 0.5) is 17.6 Å². The van der Waals surface area contributed by atoms with Crippen molar-refractivity contribution in [3.8, 4) is 17.3 Å². The highest BCUT2D eigenvalue weighted by Gasteiger charge is 2.45.